The SMILES string of the molecule is CNc1ccc(Cl)c(Cn2cc(Br)c([N+](=O)[O-])n2)n1. The smallest absolute Gasteiger partial charge is 0.373 e. The van der Waals surface area contributed by atoms with Gasteiger partial charge in [-0.05, 0) is 33.0 Å². The molecule has 9 heteroatoms. The van der Waals surface area contributed by atoms with Gasteiger partial charge in [-0.3, -0.25) is 0 Å². The Hall–Kier alpha value is -1.67. The van der Waals surface area contributed by atoms with E-state index in [9.17, 15) is 10.1 Å². The third-order valence-corrected chi connectivity index (χ3v) is 3.26. The van der Waals surface area contributed by atoms with Crippen LogP contribution in [0.15, 0.2) is 22.8 Å². The molecule has 0 aliphatic rings. The highest BCUT2D eigenvalue weighted by atomic mass is 79.9. The summed E-state index contributed by atoms with van der Waals surface area (Å²) in [5.74, 6) is 0.431. The molecule has 0 saturated heterocycles. The Morgan fingerprint density at radius 1 is 1.58 bits per heavy atom. The molecule has 0 atom stereocenters. The Kier molecular flexibility index (Phi) is 4.01. The number of nitro groups is 1. The van der Waals surface area contributed by atoms with Crippen molar-refractivity contribution in [1.29, 1.82) is 0 Å². The Morgan fingerprint density at radius 3 is 2.89 bits per heavy atom. The van der Waals surface area contributed by atoms with Crippen molar-refractivity contribution in [2.75, 3.05) is 12.4 Å². The number of nitrogens with zero attached hydrogens (tertiary/aromatic N) is 4. The van der Waals surface area contributed by atoms with Gasteiger partial charge in [-0.2, -0.15) is 4.68 Å². The predicted molar refractivity (Wildman–Crippen MR) is 74.5 cm³/mol. The van der Waals surface area contributed by atoms with Crippen molar-refractivity contribution in [2.24, 2.45) is 0 Å². The van der Waals surface area contributed by atoms with E-state index in [0.29, 0.717) is 21.0 Å². The first-order valence-corrected chi connectivity index (χ1v) is 6.39. The van der Waals surface area contributed by atoms with E-state index in [4.69, 9.17) is 11.6 Å². The summed E-state index contributed by atoms with van der Waals surface area (Å²) in [6, 6.07) is 3.45. The highest BCUT2D eigenvalue weighted by molar-refractivity contribution is 9.10. The highest BCUT2D eigenvalue weighted by Gasteiger charge is 2.19. The van der Waals surface area contributed by atoms with Crippen molar-refractivity contribution in [2.45, 2.75) is 6.54 Å². The zero-order valence-electron chi connectivity index (χ0n) is 9.80. The number of aromatic nitrogens is 3. The third kappa shape index (κ3) is 3.02. The standard InChI is InChI=1S/C10H9BrClN5O2/c1-13-9-3-2-7(12)8(14-9)5-16-4-6(11)10(15-16)17(18)19/h2-4H,5H2,1H3,(H,13,14). The van der Waals surface area contributed by atoms with E-state index in [-0.39, 0.29) is 12.4 Å². The number of hydrogen-bond donors (Lipinski definition) is 1. The lowest BCUT2D eigenvalue weighted by atomic mass is 10.3. The summed E-state index contributed by atoms with van der Waals surface area (Å²) in [5, 5.41) is 17.9. The molecular weight excluding hydrogens is 338 g/mol. The molecule has 0 aromatic carbocycles. The second-order valence-electron chi connectivity index (χ2n) is 3.63. The van der Waals surface area contributed by atoms with Crippen LogP contribution in [-0.4, -0.2) is 26.7 Å². The lowest BCUT2D eigenvalue weighted by molar-refractivity contribution is -0.390. The van der Waals surface area contributed by atoms with E-state index in [2.05, 4.69) is 31.3 Å². The van der Waals surface area contributed by atoms with Crippen LogP contribution in [-0.2, 0) is 6.54 Å². The van der Waals surface area contributed by atoms with Crippen molar-refractivity contribution >= 4 is 39.2 Å². The minimum atomic E-state index is -0.556. The molecule has 2 heterocycles. The van der Waals surface area contributed by atoms with Crippen LogP contribution in [0.4, 0.5) is 11.6 Å². The highest BCUT2D eigenvalue weighted by Crippen LogP contribution is 2.24. The second-order valence-corrected chi connectivity index (χ2v) is 4.89. The van der Waals surface area contributed by atoms with Gasteiger partial charge in [-0.25, -0.2) is 4.98 Å². The minimum absolute atomic E-state index is 0.235. The van der Waals surface area contributed by atoms with Crippen LogP contribution < -0.4 is 5.32 Å². The van der Waals surface area contributed by atoms with Gasteiger partial charge in [0.05, 0.1) is 22.0 Å². The molecule has 0 spiro atoms. The summed E-state index contributed by atoms with van der Waals surface area (Å²) in [6.45, 7) is 0.251. The van der Waals surface area contributed by atoms with Gasteiger partial charge < -0.3 is 15.4 Å². The molecule has 100 valence electrons. The van der Waals surface area contributed by atoms with Crippen molar-refractivity contribution < 1.29 is 4.92 Å². The van der Waals surface area contributed by atoms with Gasteiger partial charge in [0, 0.05) is 7.05 Å². The fourth-order valence-corrected chi connectivity index (χ4v) is 2.10. The maximum Gasteiger partial charge on any atom is 0.404 e. The first kappa shape index (κ1) is 13.8. The predicted octanol–water partition coefficient (Wildman–Crippen LogP) is 2.69. The average molecular weight is 347 g/mol. The van der Waals surface area contributed by atoms with Gasteiger partial charge in [0.15, 0.2) is 0 Å². The van der Waals surface area contributed by atoms with Crippen molar-refractivity contribution in [3.63, 3.8) is 0 Å². The molecule has 19 heavy (non-hydrogen) atoms. The number of anilines is 1. The van der Waals surface area contributed by atoms with Gasteiger partial charge in [0.2, 0.25) is 0 Å². The summed E-state index contributed by atoms with van der Waals surface area (Å²) in [7, 11) is 1.75. The Bertz CT molecular complexity index is 630. The van der Waals surface area contributed by atoms with Crippen LogP contribution in [0.5, 0.6) is 0 Å². The quantitative estimate of drug-likeness (QED) is 0.679. The van der Waals surface area contributed by atoms with Crippen molar-refractivity contribution in [1.82, 2.24) is 14.8 Å². The zero-order valence-corrected chi connectivity index (χ0v) is 12.1. The molecule has 2 rings (SSSR count). The lowest BCUT2D eigenvalue weighted by Gasteiger charge is -2.04. The zero-order chi connectivity index (χ0) is 14.0. The van der Waals surface area contributed by atoms with Crippen LogP contribution in [0, 0.1) is 10.1 Å². The summed E-state index contributed by atoms with van der Waals surface area (Å²) < 4.78 is 1.73. The van der Waals surface area contributed by atoms with E-state index in [1.165, 1.54) is 10.9 Å². The molecule has 2 aromatic rings. The van der Waals surface area contributed by atoms with Crippen molar-refractivity contribution in [3.8, 4) is 0 Å². The lowest BCUT2D eigenvalue weighted by Crippen LogP contribution is -2.05. The van der Waals surface area contributed by atoms with Crippen LogP contribution >= 0.6 is 27.5 Å². The number of hydrogen-bond acceptors (Lipinski definition) is 5. The van der Waals surface area contributed by atoms with E-state index in [1.54, 1.807) is 19.2 Å². The molecule has 2 aromatic heterocycles. The van der Waals surface area contributed by atoms with Gasteiger partial charge in [0.1, 0.15) is 16.8 Å². The number of pyridine rings is 1. The van der Waals surface area contributed by atoms with E-state index >= 15 is 0 Å². The number of nitrogens with one attached hydrogen (secondary N) is 1. The number of rotatable bonds is 4. The van der Waals surface area contributed by atoms with Crippen LogP contribution in [0.3, 0.4) is 0 Å². The molecule has 0 fully saturated rings. The third-order valence-electron chi connectivity index (χ3n) is 2.36. The van der Waals surface area contributed by atoms with Crippen LogP contribution in [0.25, 0.3) is 0 Å². The Balaban J connectivity index is 2.30. The molecule has 1 N–H and O–H groups in total. The summed E-state index contributed by atoms with van der Waals surface area (Å²) in [6.07, 6.45) is 1.52. The average Bonchev–Trinajstić information content (AvgIpc) is 2.73. The van der Waals surface area contributed by atoms with Crippen LogP contribution in [0.2, 0.25) is 5.02 Å². The summed E-state index contributed by atoms with van der Waals surface area (Å²) in [5.41, 5.74) is 0.582. The molecule has 7 nitrogen and oxygen atoms in total. The summed E-state index contributed by atoms with van der Waals surface area (Å²) in [4.78, 5) is 14.4. The molecule has 0 saturated carbocycles. The van der Waals surface area contributed by atoms with E-state index < -0.39 is 4.92 Å². The van der Waals surface area contributed by atoms with Gasteiger partial charge in [-0.1, -0.05) is 11.6 Å². The molecular formula is C10H9BrClN5O2. The topological polar surface area (TPSA) is 85.9 Å². The Labute approximate surface area is 121 Å². The molecule has 0 bridgehead atoms. The Morgan fingerprint density at radius 2 is 2.32 bits per heavy atom. The van der Waals surface area contributed by atoms with E-state index in [1.807, 2.05) is 0 Å². The second kappa shape index (κ2) is 5.54. The fraction of sp³-hybridized carbons (Fsp3) is 0.200. The number of halogens is 2. The molecule has 0 aliphatic heterocycles. The van der Waals surface area contributed by atoms with E-state index in [0.717, 1.165) is 0 Å². The largest absolute Gasteiger partial charge is 0.404 e. The monoisotopic (exact) mass is 345 g/mol. The fourth-order valence-electron chi connectivity index (χ4n) is 1.48. The van der Waals surface area contributed by atoms with Gasteiger partial charge in [0.25, 0.3) is 0 Å². The molecule has 0 aliphatic carbocycles. The maximum absolute atomic E-state index is 10.7. The first-order valence-electron chi connectivity index (χ1n) is 5.21. The minimum Gasteiger partial charge on any atom is -0.373 e. The summed E-state index contributed by atoms with van der Waals surface area (Å²) >= 11 is 9.12. The van der Waals surface area contributed by atoms with Crippen LogP contribution in [0.1, 0.15) is 5.69 Å². The van der Waals surface area contributed by atoms with Gasteiger partial charge >= 0.3 is 5.82 Å². The molecule has 0 amide bonds. The normalized spacial score (nSPS) is 10.5. The van der Waals surface area contributed by atoms with Gasteiger partial charge in [-0.15, -0.1) is 0 Å². The first-order chi connectivity index (χ1) is 9.01. The van der Waals surface area contributed by atoms with Crippen molar-refractivity contribution in [3.05, 3.63) is 43.6 Å². The maximum atomic E-state index is 10.7. The molecule has 0 radical (unpaired) electrons. The molecule has 0 unspecified atom stereocenters.